The molecule has 0 saturated heterocycles. The number of nitrogens with one attached hydrogen (secondary N) is 1. The molecule has 94 valence electrons. The molecule has 0 radical (unpaired) electrons. The minimum absolute atomic E-state index is 0.0462. The number of hydrogen-bond acceptors (Lipinski definition) is 3. The first-order chi connectivity index (χ1) is 8.13. The first kappa shape index (κ1) is 14.0. The lowest BCUT2D eigenvalue weighted by atomic mass is 10.3. The van der Waals surface area contributed by atoms with Crippen LogP contribution < -0.4 is 15.8 Å². The van der Waals surface area contributed by atoms with Gasteiger partial charge in [-0.3, -0.25) is 4.79 Å². The molecule has 0 saturated carbocycles. The maximum atomic E-state index is 11.2. The van der Waals surface area contributed by atoms with Crippen LogP contribution in [-0.2, 0) is 4.79 Å². The van der Waals surface area contributed by atoms with E-state index in [2.05, 4.69) is 21.2 Å². The molecule has 1 atom stereocenters. The van der Waals surface area contributed by atoms with E-state index in [0.29, 0.717) is 19.5 Å². The van der Waals surface area contributed by atoms with Crippen molar-refractivity contribution in [1.29, 1.82) is 0 Å². The van der Waals surface area contributed by atoms with Crippen LogP contribution in [0.2, 0.25) is 0 Å². The fourth-order valence-corrected chi connectivity index (χ4v) is 1.65. The van der Waals surface area contributed by atoms with E-state index < -0.39 is 0 Å². The van der Waals surface area contributed by atoms with Crippen molar-refractivity contribution in [3.8, 4) is 5.75 Å². The zero-order chi connectivity index (χ0) is 12.7. The van der Waals surface area contributed by atoms with Crippen LogP contribution in [0.3, 0.4) is 0 Å². The zero-order valence-corrected chi connectivity index (χ0v) is 11.4. The van der Waals surface area contributed by atoms with Crippen molar-refractivity contribution < 1.29 is 9.53 Å². The summed E-state index contributed by atoms with van der Waals surface area (Å²) in [6.07, 6.45) is 0.261. The Kier molecular flexibility index (Phi) is 6.00. The molecule has 0 aliphatic carbocycles. The van der Waals surface area contributed by atoms with Gasteiger partial charge in [0.15, 0.2) is 0 Å². The van der Waals surface area contributed by atoms with E-state index in [1.54, 1.807) is 0 Å². The maximum Gasteiger partial charge on any atom is 0.221 e. The molecule has 1 amide bonds. The van der Waals surface area contributed by atoms with Crippen LogP contribution in [0.4, 0.5) is 0 Å². The molecule has 0 fully saturated rings. The molecular formula is C12H17BrN2O2. The summed E-state index contributed by atoms with van der Waals surface area (Å²) in [6, 6.07) is 7.61. The predicted molar refractivity (Wildman–Crippen MR) is 70.9 cm³/mol. The standard InChI is InChI=1S/C12H17BrN2O2/c1-9(8-15-12(16)6-7-14)17-11-5-3-2-4-10(11)13/h2-5,9H,6-8,14H2,1H3,(H,15,16). The van der Waals surface area contributed by atoms with E-state index >= 15 is 0 Å². The Hall–Kier alpha value is -1.07. The topological polar surface area (TPSA) is 64.4 Å². The zero-order valence-electron chi connectivity index (χ0n) is 9.78. The van der Waals surface area contributed by atoms with Crippen molar-refractivity contribution >= 4 is 21.8 Å². The molecule has 0 aliphatic heterocycles. The summed E-state index contributed by atoms with van der Waals surface area (Å²) in [5.74, 6) is 0.725. The lowest BCUT2D eigenvalue weighted by Gasteiger charge is -2.16. The van der Waals surface area contributed by atoms with E-state index in [4.69, 9.17) is 10.5 Å². The highest BCUT2D eigenvalue weighted by atomic mass is 79.9. The molecule has 0 aromatic heterocycles. The fraction of sp³-hybridized carbons (Fsp3) is 0.417. The van der Waals surface area contributed by atoms with Gasteiger partial charge in [0.05, 0.1) is 11.0 Å². The average molecular weight is 301 g/mol. The monoisotopic (exact) mass is 300 g/mol. The molecule has 17 heavy (non-hydrogen) atoms. The molecular weight excluding hydrogens is 284 g/mol. The smallest absolute Gasteiger partial charge is 0.221 e. The van der Waals surface area contributed by atoms with E-state index in [1.165, 1.54) is 0 Å². The Morgan fingerprint density at radius 3 is 2.88 bits per heavy atom. The van der Waals surface area contributed by atoms with Gasteiger partial charge in [-0.05, 0) is 35.0 Å². The molecule has 0 bridgehead atoms. The second-order valence-corrected chi connectivity index (χ2v) is 4.56. The summed E-state index contributed by atoms with van der Waals surface area (Å²) in [5, 5.41) is 2.76. The Morgan fingerprint density at radius 1 is 1.53 bits per heavy atom. The lowest BCUT2D eigenvalue weighted by Crippen LogP contribution is -2.34. The molecule has 1 aromatic rings. The van der Waals surface area contributed by atoms with Gasteiger partial charge in [-0.25, -0.2) is 0 Å². The normalized spacial score (nSPS) is 11.9. The first-order valence-corrected chi connectivity index (χ1v) is 6.30. The second kappa shape index (κ2) is 7.29. The lowest BCUT2D eigenvalue weighted by molar-refractivity contribution is -0.121. The summed E-state index contributed by atoms with van der Waals surface area (Å²) in [4.78, 5) is 11.2. The molecule has 0 aliphatic rings. The number of rotatable bonds is 6. The quantitative estimate of drug-likeness (QED) is 0.840. The van der Waals surface area contributed by atoms with Crippen molar-refractivity contribution in [2.75, 3.05) is 13.1 Å². The highest BCUT2D eigenvalue weighted by Crippen LogP contribution is 2.24. The molecule has 0 spiro atoms. The Balaban J connectivity index is 2.37. The van der Waals surface area contributed by atoms with Gasteiger partial charge in [-0.2, -0.15) is 0 Å². The Morgan fingerprint density at radius 2 is 2.24 bits per heavy atom. The second-order valence-electron chi connectivity index (χ2n) is 3.70. The van der Waals surface area contributed by atoms with Gasteiger partial charge in [0.1, 0.15) is 11.9 Å². The minimum Gasteiger partial charge on any atom is -0.488 e. The van der Waals surface area contributed by atoms with Gasteiger partial charge in [-0.15, -0.1) is 0 Å². The number of halogens is 1. The molecule has 3 N–H and O–H groups in total. The predicted octanol–water partition coefficient (Wildman–Crippen LogP) is 1.68. The van der Waals surface area contributed by atoms with Crippen molar-refractivity contribution in [1.82, 2.24) is 5.32 Å². The Bertz CT molecular complexity index is 371. The highest BCUT2D eigenvalue weighted by Gasteiger charge is 2.08. The van der Waals surface area contributed by atoms with E-state index in [9.17, 15) is 4.79 Å². The Labute approximate surface area is 110 Å². The third kappa shape index (κ3) is 5.19. The molecule has 1 unspecified atom stereocenters. The molecule has 1 rings (SSSR count). The maximum absolute atomic E-state index is 11.2. The van der Waals surface area contributed by atoms with Crippen LogP contribution in [-0.4, -0.2) is 25.1 Å². The summed E-state index contributed by atoms with van der Waals surface area (Å²) in [6.45, 7) is 2.74. The number of benzene rings is 1. The van der Waals surface area contributed by atoms with E-state index in [0.717, 1.165) is 10.2 Å². The van der Waals surface area contributed by atoms with Crippen LogP contribution in [0.15, 0.2) is 28.7 Å². The van der Waals surface area contributed by atoms with Crippen molar-refractivity contribution in [3.05, 3.63) is 28.7 Å². The van der Waals surface area contributed by atoms with Gasteiger partial charge < -0.3 is 15.8 Å². The van der Waals surface area contributed by atoms with E-state index in [1.807, 2.05) is 31.2 Å². The summed E-state index contributed by atoms with van der Waals surface area (Å²) in [5.41, 5.74) is 5.28. The third-order valence-electron chi connectivity index (χ3n) is 2.12. The number of amides is 1. The summed E-state index contributed by atoms with van der Waals surface area (Å²) < 4.78 is 6.58. The van der Waals surface area contributed by atoms with Gasteiger partial charge in [0.2, 0.25) is 5.91 Å². The van der Waals surface area contributed by atoms with Crippen LogP contribution in [0.25, 0.3) is 0 Å². The molecule has 5 heteroatoms. The fourth-order valence-electron chi connectivity index (χ4n) is 1.28. The van der Waals surface area contributed by atoms with Gasteiger partial charge in [-0.1, -0.05) is 12.1 Å². The summed E-state index contributed by atoms with van der Waals surface area (Å²) >= 11 is 3.40. The summed E-state index contributed by atoms with van der Waals surface area (Å²) in [7, 11) is 0. The first-order valence-electron chi connectivity index (χ1n) is 5.51. The SMILES string of the molecule is CC(CNC(=O)CCN)Oc1ccccc1Br. The van der Waals surface area contributed by atoms with Crippen molar-refractivity contribution in [2.45, 2.75) is 19.4 Å². The number of carbonyl (C=O) groups excluding carboxylic acids is 1. The average Bonchev–Trinajstić information content (AvgIpc) is 2.30. The van der Waals surface area contributed by atoms with Crippen LogP contribution in [0.5, 0.6) is 5.75 Å². The third-order valence-corrected chi connectivity index (χ3v) is 2.78. The van der Waals surface area contributed by atoms with Gasteiger partial charge in [0, 0.05) is 13.0 Å². The van der Waals surface area contributed by atoms with Crippen molar-refractivity contribution in [3.63, 3.8) is 0 Å². The number of carbonyl (C=O) groups is 1. The van der Waals surface area contributed by atoms with Crippen LogP contribution in [0, 0.1) is 0 Å². The number of ether oxygens (including phenoxy) is 1. The highest BCUT2D eigenvalue weighted by molar-refractivity contribution is 9.10. The number of nitrogens with two attached hydrogens (primary N) is 1. The number of hydrogen-bond donors (Lipinski definition) is 2. The van der Waals surface area contributed by atoms with Gasteiger partial charge in [0.25, 0.3) is 0 Å². The van der Waals surface area contributed by atoms with E-state index in [-0.39, 0.29) is 12.0 Å². The van der Waals surface area contributed by atoms with Crippen LogP contribution in [0.1, 0.15) is 13.3 Å². The molecule has 1 aromatic carbocycles. The molecule has 4 nitrogen and oxygen atoms in total. The van der Waals surface area contributed by atoms with Gasteiger partial charge >= 0.3 is 0 Å². The van der Waals surface area contributed by atoms with Crippen molar-refractivity contribution in [2.24, 2.45) is 5.73 Å². The molecule has 0 heterocycles. The minimum atomic E-state index is -0.0876. The number of para-hydroxylation sites is 1. The largest absolute Gasteiger partial charge is 0.488 e. The van der Waals surface area contributed by atoms with Crippen LogP contribution >= 0.6 is 15.9 Å².